The summed E-state index contributed by atoms with van der Waals surface area (Å²) in [6.45, 7) is 5.01. The first-order chi connectivity index (χ1) is 18.8. The van der Waals surface area contributed by atoms with Gasteiger partial charge in [-0.3, -0.25) is 9.59 Å². The van der Waals surface area contributed by atoms with E-state index in [0.29, 0.717) is 73.9 Å². The second-order valence-electron chi connectivity index (χ2n) is 9.06. The molecule has 0 bridgehead atoms. The SMILES string of the molecule is CCCCC(Nc1c(C(C)=O)c(OC)c2ccoc2c1OC)Nc1c(C(C)=O)c(OC)c2ccoc2c1OC. The molecule has 208 valence electrons. The molecular formula is C29H34N2O8. The maximum Gasteiger partial charge on any atom is 0.186 e. The first kappa shape index (κ1) is 27.7. The highest BCUT2D eigenvalue weighted by atomic mass is 16.5. The fourth-order valence-corrected chi connectivity index (χ4v) is 4.98. The smallest absolute Gasteiger partial charge is 0.186 e. The third kappa shape index (κ3) is 4.82. The normalized spacial score (nSPS) is 11.2. The zero-order chi connectivity index (χ0) is 28.3. The molecule has 10 heteroatoms. The van der Waals surface area contributed by atoms with Crippen molar-refractivity contribution in [2.75, 3.05) is 39.1 Å². The monoisotopic (exact) mass is 538 g/mol. The Hall–Kier alpha value is -4.34. The van der Waals surface area contributed by atoms with E-state index in [-0.39, 0.29) is 11.6 Å². The van der Waals surface area contributed by atoms with Crippen LogP contribution in [0.5, 0.6) is 23.0 Å². The van der Waals surface area contributed by atoms with Gasteiger partial charge in [0.25, 0.3) is 0 Å². The molecule has 2 aromatic carbocycles. The van der Waals surface area contributed by atoms with Crippen LogP contribution in [-0.4, -0.2) is 46.2 Å². The topological polar surface area (TPSA) is 121 Å². The Kier molecular flexibility index (Phi) is 8.23. The predicted octanol–water partition coefficient (Wildman–Crippen LogP) is 6.66. The van der Waals surface area contributed by atoms with Gasteiger partial charge >= 0.3 is 0 Å². The van der Waals surface area contributed by atoms with Crippen LogP contribution >= 0.6 is 0 Å². The average Bonchev–Trinajstić information content (AvgIpc) is 3.60. The number of anilines is 2. The number of hydrogen-bond donors (Lipinski definition) is 2. The van der Waals surface area contributed by atoms with Crippen LogP contribution in [0, 0.1) is 0 Å². The quantitative estimate of drug-likeness (QED) is 0.141. The van der Waals surface area contributed by atoms with Crippen LogP contribution < -0.4 is 29.6 Å². The van der Waals surface area contributed by atoms with E-state index in [1.165, 1.54) is 54.8 Å². The number of ketones is 2. The van der Waals surface area contributed by atoms with Crippen molar-refractivity contribution in [1.82, 2.24) is 0 Å². The number of ether oxygens (including phenoxy) is 4. The minimum absolute atomic E-state index is 0.217. The molecule has 39 heavy (non-hydrogen) atoms. The number of unbranched alkanes of at least 4 members (excludes halogenated alkanes) is 1. The summed E-state index contributed by atoms with van der Waals surface area (Å²) in [6, 6.07) is 3.46. The Morgan fingerprint density at radius 2 is 1.15 bits per heavy atom. The van der Waals surface area contributed by atoms with Crippen LogP contribution in [0.4, 0.5) is 11.4 Å². The molecule has 0 amide bonds. The van der Waals surface area contributed by atoms with Gasteiger partial charge in [-0.1, -0.05) is 13.3 Å². The molecule has 2 N–H and O–H groups in total. The van der Waals surface area contributed by atoms with Gasteiger partial charge in [0.1, 0.15) is 11.5 Å². The third-order valence-corrected chi connectivity index (χ3v) is 6.64. The molecule has 0 saturated heterocycles. The van der Waals surface area contributed by atoms with Crippen molar-refractivity contribution in [3.63, 3.8) is 0 Å². The molecule has 0 atom stereocenters. The van der Waals surface area contributed by atoms with E-state index in [2.05, 4.69) is 17.6 Å². The number of methoxy groups -OCH3 is 4. The van der Waals surface area contributed by atoms with Crippen molar-refractivity contribution in [3.05, 3.63) is 35.8 Å². The molecule has 4 rings (SSSR count). The van der Waals surface area contributed by atoms with Crippen molar-refractivity contribution in [2.24, 2.45) is 0 Å². The number of furan rings is 2. The van der Waals surface area contributed by atoms with Crippen molar-refractivity contribution in [3.8, 4) is 23.0 Å². The number of rotatable bonds is 13. The zero-order valence-electron chi connectivity index (χ0n) is 23.3. The van der Waals surface area contributed by atoms with Gasteiger partial charge in [-0.15, -0.1) is 0 Å². The largest absolute Gasteiger partial charge is 0.495 e. The van der Waals surface area contributed by atoms with Gasteiger partial charge < -0.3 is 38.4 Å². The minimum atomic E-state index is -0.488. The second-order valence-corrected chi connectivity index (χ2v) is 9.06. The maximum atomic E-state index is 13.0. The molecule has 0 aliphatic rings. The van der Waals surface area contributed by atoms with Crippen LogP contribution in [0.1, 0.15) is 60.7 Å². The highest BCUT2D eigenvalue weighted by Crippen LogP contribution is 2.47. The predicted molar refractivity (Wildman–Crippen MR) is 149 cm³/mol. The van der Waals surface area contributed by atoms with Crippen molar-refractivity contribution in [1.29, 1.82) is 0 Å². The summed E-state index contributed by atoms with van der Waals surface area (Å²) in [6.07, 6.45) is 4.91. The Bertz CT molecular complexity index is 1410. The molecule has 0 aliphatic heterocycles. The van der Waals surface area contributed by atoms with Crippen molar-refractivity contribution in [2.45, 2.75) is 46.2 Å². The number of fused-ring (bicyclic) bond motifs is 2. The van der Waals surface area contributed by atoms with E-state index in [9.17, 15) is 9.59 Å². The van der Waals surface area contributed by atoms with E-state index >= 15 is 0 Å². The van der Waals surface area contributed by atoms with Gasteiger partial charge in [-0.2, -0.15) is 0 Å². The molecule has 0 aliphatic carbocycles. The Morgan fingerprint density at radius 3 is 1.49 bits per heavy atom. The van der Waals surface area contributed by atoms with Gasteiger partial charge in [0.15, 0.2) is 34.2 Å². The molecular weight excluding hydrogens is 504 g/mol. The lowest BCUT2D eigenvalue weighted by atomic mass is 10.0. The van der Waals surface area contributed by atoms with E-state index in [4.69, 9.17) is 27.8 Å². The molecule has 0 spiro atoms. The summed E-state index contributed by atoms with van der Waals surface area (Å²) >= 11 is 0. The van der Waals surface area contributed by atoms with E-state index in [1.54, 1.807) is 12.1 Å². The summed E-state index contributed by atoms with van der Waals surface area (Å²) < 4.78 is 34.3. The molecule has 0 saturated carbocycles. The van der Waals surface area contributed by atoms with E-state index < -0.39 is 6.17 Å². The number of carbonyl (C=O) groups excluding carboxylic acids is 2. The molecule has 10 nitrogen and oxygen atoms in total. The summed E-state index contributed by atoms with van der Waals surface area (Å²) in [5, 5.41) is 8.14. The maximum absolute atomic E-state index is 13.0. The number of hydrogen-bond acceptors (Lipinski definition) is 10. The van der Waals surface area contributed by atoms with Gasteiger partial charge in [0.05, 0.1) is 80.4 Å². The van der Waals surface area contributed by atoms with Gasteiger partial charge in [0, 0.05) is 0 Å². The van der Waals surface area contributed by atoms with Crippen LogP contribution in [0.15, 0.2) is 33.5 Å². The van der Waals surface area contributed by atoms with Gasteiger partial charge in [0.2, 0.25) is 0 Å². The average molecular weight is 539 g/mol. The summed E-state index contributed by atoms with van der Waals surface area (Å²) in [4.78, 5) is 25.9. The standard InChI is InChI=1S/C29H34N2O8/c1-8-9-10-19(30-22-20(15(2)32)24(34-4)17-11-13-38-26(17)28(22)36-6)31-23-21(16(3)33)25(35-5)18-12-14-39-27(18)29(23)37-7/h11-14,19,30-31H,8-10H2,1-7H3. The Balaban J connectivity index is 1.93. The lowest BCUT2D eigenvalue weighted by Crippen LogP contribution is -2.31. The van der Waals surface area contributed by atoms with Crippen molar-refractivity contribution >= 4 is 44.9 Å². The first-order valence-corrected chi connectivity index (χ1v) is 12.7. The second kappa shape index (κ2) is 11.6. The third-order valence-electron chi connectivity index (χ3n) is 6.64. The minimum Gasteiger partial charge on any atom is -0.495 e. The fourth-order valence-electron chi connectivity index (χ4n) is 4.98. The van der Waals surface area contributed by atoms with E-state index in [1.807, 2.05) is 0 Å². The zero-order valence-corrected chi connectivity index (χ0v) is 23.3. The first-order valence-electron chi connectivity index (χ1n) is 12.7. The lowest BCUT2D eigenvalue weighted by Gasteiger charge is -2.28. The van der Waals surface area contributed by atoms with Crippen LogP contribution in [0.2, 0.25) is 0 Å². The summed E-state index contributed by atoms with van der Waals surface area (Å²) in [5.74, 6) is 1.05. The summed E-state index contributed by atoms with van der Waals surface area (Å²) in [7, 11) is 6.04. The van der Waals surface area contributed by atoms with Gasteiger partial charge in [-0.05, 0) is 38.8 Å². The van der Waals surface area contributed by atoms with Crippen molar-refractivity contribution < 1.29 is 37.4 Å². The number of nitrogens with one attached hydrogen (secondary N) is 2. The Morgan fingerprint density at radius 1 is 0.744 bits per heavy atom. The Labute approximate surface area is 226 Å². The van der Waals surface area contributed by atoms with Crippen LogP contribution in [0.25, 0.3) is 21.9 Å². The molecule has 2 heterocycles. The number of benzene rings is 2. The molecule has 0 unspecified atom stereocenters. The molecule has 0 fully saturated rings. The van der Waals surface area contributed by atoms with Crippen LogP contribution in [0.3, 0.4) is 0 Å². The molecule has 0 radical (unpaired) electrons. The molecule has 4 aromatic rings. The summed E-state index contributed by atoms with van der Waals surface area (Å²) in [5.41, 5.74) is 2.35. The number of Topliss-reactive ketones (excluding diaryl/α,β-unsaturated/α-hetero) is 2. The lowest BCUT2D eigenvalue weighted by molar-refractivity contribution is 0.100. The van der Waals surface area contributed by atoms with Crippen LogP contribution in [-0.2, 0) is 0 Å². The van der Waals surface area contributed by atoms with Gasteiger partial charge in [-0.25, -0.2) is 0 Å². The fraction of sp³-hybridized carbons (Fsp3) is 0.379. The highest BCUT2D eigenvalue weighted by molar-refractivity contribution is 6.12. The highest BCUT2D eigenvalue weighted by Gasteiger charge is 2.30. The van der Waals surface area contributed by atoms with E-state index in [0.717, 1.165) is 12.8 Å². The molecule has 2 aromatic heterocycles. The number of carbonyl (C=O) groups is 2.